The van der Waals surface area contributed by atoms with Gasteiger partial charge >= 0.3 is 0 Å². The molecule has 14 heavy (non-hydrogen) atoms. The lowest BCUT2D eigenvalue weighted by Gasteiger charge is -2.05. The van der Waals surface area contributed by atoms with Gasteiger partial charge in [-0.3, -0.25) is 4.79 Å². The van der Waals surface area contributed by atoms with E-state index in [-0.39, 0.29) is 0 Å². The van der Waals surface area contributed by atoms with E-state index in [2.05, 4.69) is 10.3 Å². The van der Waals surface area contributed by atoms with Gasteiger partial charge in [0, 0.05) is 12.7 Å². The first-order valence-corrected chi connectivity index (χ1v) is 4.35. The van der Waals surface area contributed by atoms with E-state index in [0.717, 1.165) is 0 Å². The van der Waals surface area contributed by atoms with Gasteiger partial charge < -0.3 is 11.1 Å². The van der Waals surface area contributed by atoms with Gasteiger partial charge in [0.1, 0.15) is 5.82 Å². The number of aromatic nitrogens is 1. The fourth-order valence-electron chi connectivity index (χ4n) is 1.02. The molecule has 4 heteroatoms. The van der Waals surface area contributed by atoms with E-state index < -0.39 is 5.91 Å². The van der Waals surface area contributed by atoms with Crippen molar-refractivity contribution in [2.24, 2.45) is 5.73 Å². The second-order valence-electron chi connectivity index (χ2n) is 2.71. The Balaban J connectivity index is 2.79. The highest BCUT2D eigenvalue weighted by atomic mass is 16.1. The number of anilines is 1. The number of amides is 1. The highest BCUT2D eigenvalue weighted by molar-refractivity contribution is 5.97. The number of primary amides is 1. The summed E-state index contributed by atoms with van der Waals surface area (Å²) in [6, 6.07) is 3.33. The number of hydrogen-bond donors (Lipinski definition) is 2. The second-order valence-corrected chi connectivity index (χ2v) is 2.71. The Kier molecular flexibility index (Phi) is 3.67. The molecule has 0 aromatic carbocycles. The second kappa shape index (κ2) is 5.01. The first kappa shape index (κ1) is 10.2. The molecule has 1 aromatic heterocycles. The molecule has 1 amide bonds. The van der Waals surface area contributed by atoms with Gasteiger partial charge in [-0.15, -0.1) is 0 Å². The van der Waals surface area contributed by atoms with Gasteiger partial charge in [0.15, 0.2) is 0 Å². The molecule has 74 valence electrons. The standard InChI is InChI=1S/C10H13N3O/c1-2-3-6-12-10-8(9(11)14)5-4-7-13-10/h2-5,7H,6H2,1H3,(H2,11,14)(H,12,13)/b3-2+. The Morgan fingerprint density at radius 3 is 3.14 bits per heavy atom. The van der Waals surface area contributed by atoms with Crippen LogP contribution in [0.5, 0.6) is 0 Å². The van der Waals surface area contributed by atoms with Crippen molar-refractivity contribution in [1.29, 1.82) is 0 Å². The van der Waals surface area contributed by atoms with Crippen molar-refractivity contribution in [2.45, 2.75) is 6.92 Å². The highest BCUT2D eigenvalue weighted by Gasteiger charge is 2.06. The number of nitrogens with one attached hydrogen (secondary N) is 1. The molecule has 0 saturated carbocycles. The maximum absolute atomic E-state index is 11.0. The largest absolute Gasteiger partial charge is 0.366 e. The van der Waals surface area contributed by atoms with Crippen LogP contribution in [-0.2, 0) is 0 Å². The van der Waals surface area contributed by atoms with Crippen LogP contribution in [0.1, 0.15) is 17.3 Å². The SMILES string of the molecule is C/C=C/CNc1ncccc1C(N)=O. The molecule has 0 radical (unpaired) electrons. The Morgan fingerprint density at radius 1 is 1.71 bits per heavy atom. The number of allylic oxidation sites excluding steroid dienone is 1. The van der Waals surface area contributed by atoms with Crippen molar-refractivity contribution in [3.8, 4) is 0 Å². The fraction of sp³-hybridized carbons (Fsp3) is 0.200. The number of pyridine rings is 1. The number of nitrogens with two attached hydrogens (primary N) is 1. The monoisotopic (exact) mass is 191 g/mol. The van der Waals surface area contributed by atoms with Gasteiger partial charge in [-0.25, -0.2) is 4.98 Å². The van der Waals surface area contributed by atoms with Crippen LogP contribution in [0.25, 0.3) is 0 Å². The Labute approximate surface area is 82.8 Å². The summed E-state index contributed by atoms with van der Waals surface area (Å²) in [7, 11) is 0. The van der Waals surface area contributed by atoms with Crippen molar-refractivity contribution in [3.63, 3.8) is 0 Å². The van der Waals surface area contributed by atoms with Crippen LogP contribution in [0.3, 0.4) is 0 Å². The molecule has 0 atom stereocenters. The van der Waals surface area contributed by atoms with Crippen LogP contribution in [0.2, 0.25) is 0 Å². The Hall–Kier alpha value is -1.84. The maximum atomic E-state index is 11.0. The summed E-state index contributed by atoms with van der Waals surface area (Å²) >= 11 is 0. The van der Waals surface area contributed by atoms with E-state index in [4.69, 9.17) is 5.73 Å². The minimum Gasteiger partial charge on any atom is -0.366 e. The van der Waals surface area contributed by atoms with E-state index in [1.807, 2.05) is 19.1 Å². The molecule has 0 saturated heterocycles. The number of carbonyl (C=O) groups is 1. The normalized spacial score (nSPS) is 10.4. The molecule has 0 bridgehead atoms. The smallest absolute Gasteiger partial charge is 0.252 e. The van der Waals surface area contributed by atoms with Crippen LogP contribution < -0.4 is 11.1 Å². The number of carbonyl (C=O) groups excluding carboxylic acids is 1. The average Bonchev–Trinajstić information content (AvgIpc) is 2.19. The van der Waals surface area contributed by atoms with Gasteiger partial charge in [-0.2, -0.15) is 0 Å². The zero-order valence-corrected chi connectivity index (χ0v) is 8.03. The number of nitrogens with zero attached hydrogens (tertiary/aromatic N) is 1. The molecule has 0 spiro atoms. The van der Waals surface area contributed by atoms with Crippen LogP contribution in [0.4, 0.5) is 5.82 Å². The van der Waals surface area contributed by atoms with Gasteiger partial charge in [-0.05, 0) is 19.1 Å². The van der Waals surface area contributed by atoms with E-state index in [0.29, 0.717) is 17.9 Å². The molecular weight excluding hydrogens is 178 g/mol. The number of rotatable bonds is 4. The molecule has 0 aliphatic heterocycles. The van der Waals surface area contributed by atoms with E-state index in [1.54, 1.807) is 18.3 Å². The summed E-state index contributed by atoms with van der Waals surface area (Å²) in [6.45, 7) is 2.56. The first-order chi connectivity index (χ1) is 6.75. The Bertz CT molecular complexity index is 347. The highest BCUT2D eigenvalue weighted by Crippen LogP contribution is 2.09. The van der Waals surface area contributed by atoms with Gasteiger partial charge in [0.05, 0.1) is 5.56 Å². The molecule has 4 nitrogen and oxygen atoms in total. The first-order valence-electron chi connectivity index (χ1n) is 4.35. The zero-order valence-electron chi connectivity index (χ0n) is 8.03. The van der Waals surface area contributed by atoms with Crippen molar-refractivity contribution < 1.29 is 4.79 Å². The topological polar surface area (TPSA) is 68.0 Å². The lowest BCUT2D eigenvalue weighted by molar-refractivity contribution is 0.100. The lowest BCUT2D eigenvalue weighted by Crippen LogP contribution is -2.15. The predicted molar refractivity (Wildman–Crippen MR) is 56.1 cm³/mol. The molecule has 0 fully saturated rings. The summed E-state index contributed by atoms with van der Waals surface area (Å²) in [5, 5.41) is 3.00. The minimum absolute atomic E-state index is 0.414. The maximum Gasteiger partial charge on any atom is 0.252 e. The quantitative estimate of drug-likeness (QED) is 0.702. The van der Waals surface area contributed by atoms with Crippen LogP contribution >= 0.6 is 0 Å². The van der Waals surface area contributed by atoms with Gasteiger partial charge in [0.2, 0.25) is 0 Å². The molecule has 0 aliphatic rings. The number of hydrogen-bond acceptors (Lipinski definition) is 3. The summed E-state index contributed by atoms with van der Waals surface area (Å²) in [6.07, 6.45) is 5.46. The molecular formula is C10H13N3O. The van der Waals surface area contributed by atoms with Crippen molar-refractivity contribution >= 4 is 11.7 Å². The van der Waals surface area contributed by atoms with Crippen LogP contribution in [0.15, 0.2) is 30.5 Å². The molecule has 1 aromatic rings. The van der Waals surface area contributed by atoms with Gasteiger partial charge in [0.25, 0.3) is 5.91 Å². The van der Waals surface area contributed by atoms with Gasteiger partial charge in [-0.1, -0.05) is 12.2 Å². The summed E-state index contributed by atoms with van der Waals surface area (Å²) < 4.78 is 0. The van der Waals surface area contributed by atoms with Crippen molar-refractivity contribution in [3.05, 3.63) is 36.0 Å². The summed E-state index contributed by atoms with van der Waals surface area (Å²) in [5.74, 6) is 0.0548. The van der Waals surface area contributed by atoms with Crippen molar-refractivity contribution in [1.82, 2.24) is 4.98 Å². The van der Waals surface area contributed by atoms with E-state index in [1.165, 1.54) is 0 Å². The van der Waals surface area contributed by atoms with E-state index in [9.17, 15) is 4.79 Å². The molecule has 3 N–H and O–H groups in total. The predicted octanol–water partition coefficient (Wildman–Crippen LogP) is 1.17. The van der Waals surface area contributed by atoms with Crippen molar-refractivity contribution in [2.75, 3.05) is 11.9 Å². The molecule has 0 unspecified atom stereocenters. The summed E-state index contributed by atoms with van der Waals surface area (Å²) in [4.78, 5) is 15.0. The minimum atomic E-state index is -0.471. The zero-order chi connectivity index (χ0) is 10.4. The third-order valence-corrected chi connectivity index (χ3v) is 1.70. The van der Waals surface area contributed by atoms with Crippen LogP contribution in [-0.4, -0.2) is 17.4 Å². The fourth-order valence-corrected chi connectivity index (χ4v) is 1.02. The molecule has 0 aliphatic carbocycles. The Morgan fingerprint density at radius 2 is 2.50 bits per heavy atom. The molecule has 1 heterocycles. The molecule has 1 rings (SSSR count). The van der Waals surface area contributed by atoms with Crippen LogP contribution in [0, 0.1) is 0 Å². The lowest BCUT2D eigenvalue weighted by atomic mass is 10.2. The third-order valence-electron chi connectivity index (χ3n) is 1.70. The average molecular weight is 191 g/mol. The van der Waals surface area contributed by atoms with E-state index >= 15 is 0 Å². The summed E-state index contributed by atoms with van der Waals surface area (Å²) in [5.41, 5.74) is 5.60. The third kappa shape index (κ3) is 2.58.